The summed E-state index contributed by atoms with van der Waals surface area (Å²) >= 11 is 1.12. The number of hydrogen-bond acceptors (Lipinski definition) is 5. The number of amides is 2. The average molecular weight is 414 g/mol. The van der Waals surface area contributed by atoms with Gasteiger partial charge in [0, 0.05) is 32.6 Å². The van der Waals surface area contributed by atoms with Crippen LogP contribution in [0.3, 0.4) is 0 Å². The first-order valence-corrected chi connectivity index (χ1v) is 11.9. The van der Waals surface area contributed by atoms with E-state index < -0.39 is 16.1 Å². The largest absolute Gasteiger partial charge is 0.339 e. The zero-order valence-electron chi connectivity index (χ0n) is 15.6. The Morgan fingerprint density at radius 3 is 2.41 bits per heavy atom. The van der Waals surface area contributed by atoms with Gasteiger partial charge in [-0.1, -0.05) is 18.9 Å². The highest BCUT2D eigenvalue weighted by Gasteiger charge is 2.30. The number of carbonyl (C=O) groups excluding carboxylic acids is 2. The van der Waals surface area contributed by atoms with Crippen molar-refractivity contribution < 1.29 is 18.0 Å². The Balaban J connectivity index is 1.48. The Morgan fingerprint density at radius 1 is 1.19 bits per heavy atom. The van der Waals surface area contributed by atoms with Crippen LogP contribution in [0.1, 0.15) is 39.0 Å². The normalized spacial score (nSPS) is 20.0. The first-order valence-electron chi connectivity index (χ1n) is 9.49. The number of nitrogens with zero attached hydrogens (tertiary/aromatic N) is 2. The molecule has 1 aromatic heterocycles. The summed E-state index contributed by atoms with van der Waals surface area (Å²) in [4.78, 5) is 28.5. The SMILES string of the molecule is CC(NS(=O)(=O)c1cccs1)C(=O)N1CCN(C(=O)CC2CCCC2)CC1. The minimum atomic E-state index is -3.68. The summed E-state index contributed by atoms with van der Waals surface area (Å²) in [6.45, 7) is 3.48. The molecule has 1 unspecified atom stereocenters. The molecule has 0 aromatic carbocycles. The number of thiophene rings is 1. The smallest absolute Gasteiger partial charge is 0.250 e. The summed E-state index contributed by atoms with van der Waals surface area (Å²) in [5.41, 5.74) is 0. The maximum Gasteiger partial charge on any atom is 0.250 e. The third kappa shape index (κ3) is 5.08. The van der Waals surface area contributed by atoms with Crippen LogP contribution >= 0.6 is 11.3 Å². The fraction of sp³-hybridized carbons (Fsp3) is 0.667. The summed E-state index contributed by atoms with van der Waals surface area (Å²) < 4.78 is 27.2. The molecule has 0 spiro atoms. The van der Waals surface area contributed by atoms with E-state index >= 15 is 0 Å². The Kier molecular flexibility index (Phi) is 6.54. The third-order valence-corrected chi connectivity index (χ3v) is 8.28. The molecule has 1 aliphatic heterocycles. The minimum absolute atomic E-state index is 0.181. The summed E-state index contributed by atoms with van der Waals surface area (Å²) in [7, 11) is -3.68. The van der Waals surface area contributed by atoms with Gasteiger partial charge in [-0.2, -0.15) is 4.72 Å². The van der Waals surface area contributed by atoms with Crippen LogP contribution in [-0.4, -0.2) is 62.3 Å². The molecule has 9 heteroatoms. The Morgan fingerprint density at radius 2 is 1.81 bits per heavy atom. The van der Waals surface area contributed by atoms with Gasteiger partial charge >= 0.3 is 0 Å². The van der Waals surface area contributed by atoms with Crippen LogP contribution in [0.25, 0.3) is 0 Å². The van der Waals surface area contributed by atoms with Gasteiger partial charge in [0.1, 0.15) is 4.21 Å². The molecule has 0 bridgehead atoms. The summed E-state index contributed by atoms with van der Waals surface area (Å²) in [5.74, 6) is 0.447. The van der Waals surface area contributed by atoms with E-state index in [1.165, 1.54) is 18.9 Å². The minimum Gasteiger partial charge on any atom is -0.339 e. The maximum atomic E-state index is 12.6. The summed E-state index contributed by atoms with van der Waals surface area (Å²) in [6, 6.07) is 2.34. The second-order valence-corrected chi connectivity index (χ2v) is 10.2. The number of piperazine rings is 1. The van der Waals surface area contributed by atoms with Crippen molar-refractivity contribution in [3.05, 3.63) is 17.5 Å². The van der Waals surface area contributed by atoms with Gasteiger partial charge in [0.25, 0.3) is 10.0 Å². The molecule has 7 nitrogen and oxygen atoms in total. The van der Waals surface area contributed by atoms with Gasteiger partial charge in [-0.15, -0.1) is 11.3 Å². The Bertz CT molecular complexity index is 750. The standard InChI is InChI=1S/C18H27N3O4S2/c1-14(19-27(24,25)17-7-4-12-26-17)18(23)21-10-8-20(9-11-21)16(22)13-15-5-2-3-6-15/h4,7,12,14-15,19H,2-3,5-6,8-11,13H2,1H3. The predicted octanol–water partition coefficient (Wildman–Crippen LogP) is 1.67. The molecular weight excluding hydrogens is 386 g/mol. The molecule has 1 atom stereocenters. The molecule has 1 aromatic rings. The lowest BCUT2D eigenvalue weighted by atomic mass is 10.0. The van der Waals surface area contributed by atoms with Crippen LogP contribution in [0, 0.1) is 5.92 Å². The van der Waals surface area contributed by atoms with Gasteiger partial charge in [0.15, 0.2) is 0 Å². The summed E-state index contributed by atoms with van der Waals surface area (Å²) in [6.07, 6.45) is 5.35. The summed E-state index contributed by atoms with van der Waals surface area (Å²) in [5, 5.41) is 1.68. The lowest BCUT2D eigenvalue weighted by Gasteiger charge is -2.36. The number of rotatable bonds is 6. The van der Waals surface area contributed by atoms with E-state index in [1.807, 2.05) is 4.90 Å². The molecule has 0 radical (unpaired) electrons. The van der Waals surface area contributed by atoms with E-state index in [0.29, 0.717) is 38.5 Å². The molecular formula is C18H27N3O4S2. The van der Waals surface area contributed by atoms with E-state index in [9.17, 15) is 18.0 Å². The van der Waals surface area contributed by atoms with Gasteiger partial charge < -0.3 is 9.80 Å². The molecule has 2 heterocycles. The molecule has 2 aliphatic rings. The van der Waals surface area contributed by atoms with E-state index in [4.69, 9.17) is 0 Å². The Labute approximate surface area is 164 Å². The molecule has 2 fully saturated rings. The molecule has 3 rings (SSSR count). The average Bonchev–Trinajstić information content (AvgIpc) is 3.35. The topological polar surface area (TPSA) is 86.8 Å². The zero-order chi connectivity index (χ0) is 19.4. The highest BCUT2D eigenvalue weighted by molar-refractivity contribution is 7.91. The maximum absolute atomic E-state index is 12.6. The van der Waals surface area contributed by atoms with E-state index in [2.05, 4.69) is 4.72 Å². The second kappa shape index (κ2) is 8.70. The quantitative estimate of drug-likeness (QED) is 0.769. The third-order valence-electron chi connectivity index (χ3n) is 5.34. The monoisotopic (exact) mass is 413 g/mol. The van der Waals surface area contributed by atoms with E-state index in [1.54, 1.807) is 23.3 Å². The lowest BCUT2D eigenvalue weighted by Crippen LogP contribution is -2.55. The number of sulfonamides is 1. The molecule has 2 amide bonds. The van der Waals surface area contributed by atoms with Crippen LogP contribution < -0.4 is 4.72 Å². The number of nitrogens with one attached hydrogen (secondary N) is 1. The van der Waals surface area contributed by atoms with Crippen LogP contribution in [0.2, 0.25) is 0 Å². The van der Waals surface area contributed by atoms with Crippen LogP contribution in [0.15, 0.2) is 21.7 Å². The van der Waals surface area contributed by atoms with Gasteiger partial charge in [0.2, 0.25) is 11.8 Å². The van der Waals surface area contributed by atoms with Crippen molar-refractivity contribution in [1.82, 2.24) is 14.5 Å². The van der Waals surface area contributed by atoms with Crippen molar-refractivity contribution in [2.24, 2.45) is 5.92 Å². The number of hydrogen-bond donors (Lipinski definition) is 1. The predicted molar refractivity (Wildman–Crippen MR) is 104 cm³/mol. The molecule has 1 saturated heterocycles. The van der Waals surface area contributed by atoms with Crippen molar-refractivity contribution >= 4 is 33.2 Å². The highest BCUT2D eigenvalue weighted by atomic mass is 32.2. The first kappa shape index (κ1) is 20.3. The van der Waals surface area contributed by atoms with E-state index in [0.717, 1.165) is 24.2 Å². The van der Waals surface area contributed by atoms with Gasteiger partial charge in [-0.25, -0.2) is 8.42 Å². The fourth-order valence-electron chi connectivity index (χ4n) is 3.80. The van der Waals surface area contributed by atoms with Crippen molar-refractivity contribution in [2.45, 2.75) is 49.3 Å². The molecule has 150 valence electrons. The first-order chi connectivity index (χ1) is 12.9. The van der Waals surface area contributed by atoms with Crippen molar-refractivity contribution in [3.63, 3.8) is 0 Å². The highest BCUT2D eigenvalue weighted by Crippen LogP contribution is 2.28. The van der Waals surface area contributed by atoms with Gasteiger partial charge in [-0.05, 0) is 37.1 Å². The molecule has 1 saturated carbocycles. The second-order valence-electron chi connectivity index (χ2n) is 7.34. The van der Waals surface area contributed by atoms with Crippen molar-refractivity contribution in [1.29, 1.82) is 0 Å². The molecule has 27 heavy (non-hydrogen) atoms. The molecule has 1 aliphatic carbocycles. The molecule has 1 N–H and O–H groups in total. The Hall–Kier alpha value is -1.45. The van der Waals surface area contributed by atoms with Gasteiger partial charge in [0.05, 0.1) is 6.04 Å². The van der Waals surface area contributed by atoms with Crippen LogP contribution in [0.5, 0.6) is 0 Å². The zero-order valence-corrected chi connectivity index (χ0v) is 17.2. The van der Waals surface area contributed by atoms with E-state index in [-0.39, 0.29) is 16.0 Å². The fourth-order valence-corrected chi connectivity index (χ4v) is 6.00. The van der Waals surface area contributed by atoms with Crippen molar-refractivity contribution in [3.8, 4) is 0 Å². The lowest BCUT2D eigenvalue weighted by molar-refractivity contribution is -0.140. The van der Waals surface area contributed by atoms with Gasteiger partial charge in [-0.3, -0.25) is 9.59 Å². The van der Waals surface area contributed by atoms with Crippen LogP contribution in [0.4, 0.5) is 0 Å². The number of carbonyl (C=O) groups is 2. The van der Waals surface area contributed by atoms with Crippen molar-refractivity contribution in [2.75, 3.05) is 26.2 Å². The van der Waals surface area contributed by atoms with Crippen LogP contribution in [-0.2, 0) is 19.6 Å².